The van der Waals surface area contributed by atoms with E-state index in [-0.39, 0.29) is 5.91 Å². The number of oxazole rings is 1. The maximum absolute atomic E-state index is 11.5. The molecule has 1 fully saturated rings. The largest absolute Gasteiger partial charge is 0.422 e. The topological polar surface area (TPSA) is 95.6 Å². The molecule has 1 aliphatic heterocycles. The Balaban J connectivity index is 1.93. The van der Waals surface area contributed by atoms with Crippen molar-refractivity contribution in [3.05, 3.63) is 12.2 Å². The van der Waals surface area contributed by atoms with Crippen LogP contribution in [0.5, 0.6) is 0 Å². The summed E-state index contributed by atoms with van der Waals surface area (Å²) in [5.74, 6) is 1.21. The monoisotopic (exact) mass is 305 g/mol. The number of aromatic nitrogens is 3. The molecule has 3 rings (SSSR count). The van der Waals surface area contributed by atoms with E-state index in [4.69, 9.17) is 4.42 Å². The van der Waals surface area contributed by atoms with Gasteiger partial charge in [-0.3, -0.25) is 4.79 Å². The first-order valence-corrected chi connectivity index (χ1v) is 7.37. The minimum Gasteiger partial charge on any atom is -0.422 e. The number of aryl methyl sites for hydroxylation is 1. The summed E-state index contributed by atoms with van der Waals surface area (Å²) in [6, 6.07) is 0. The Morgan fingerprint density at radius 2 is 2.23 bits per heavy atom. The van der Waals surface area contributed by atoms with Crippen LogP contribution in [-0.4, -0.2) is 63.1 Å². The fourth-order valence-corrected chi connectivity index (χ4v) is 2.64. The number of β-amino-alcohol motifs (C(OH)–C–C–N with tert-alkyl or cyclic N) is 1. The minimum absolute atomic E-state index is 0.0385. The van der Waals surface area contributed by atoms with Crippen LogP contribution >= 0.6 is 0 Å². The van der Waals surface area contributed by atoms with Crippen molar-refractivity contribution in [2.45, 2.75) is 26.4 Å². The molecule has 22 heavy (non-hydrogen) atoms. The first kappa shape index (κ1) is 14.7. The SMILES string of the molecule is CCc1nc2c(N3CCN(C(C)=O)CC(O)C3)ncnc2o1. The molecule has 0 bridgehead atoms. The molecule has 1 amide bonds. The van der Waals surface area contributed by atoms with Crippen molar-refractivity contribution in [1.82, 2.24) is 19.9 Å². The molecule has 2 aromatic rings. The van der Waals surface area contributed by atoms with Gasteiger partial charge in [-0.15, -0.1) is 0 Å². The number of carbonyl (C=O) groups is 1. The summed E-state index contributed by atoms with van der Waals surface area (Å²) in [4.78, 5) is 27.9. The van der Waals surface area contributed by atoms with Gasteiger partial charge in [0.15, 0.2) is 17.2 Å². The number of amides is 1. The first-order chi connectivity index (χ1) is 10.6. The molecule has 0 saturated carbocycles. The number of aliphatic hydroxyl groups excluding tert-OH is 1. The van der Waals surface area contributed by atoms with Gasteiger partial charge < -0.3 is 19.3 Å². The molecule has 1 N–H and O–H groups in total. The zero-order chi connectivity index (χ0) is 15.7. The quantitative estimate of drug-likeness (QED) is 0.847. The minimum atomic E-state index is -0.631. The maximum atomic E-state index is 11.5. The molecule has 1 aliphatic rings. The van der Waals surface area contributed by atoms with Gasteiger partial charge in [-0.1, -0.05) is 6.92 Å². The highest BCUT2D eigenvalue weighted by Gasteiger charge is 2.25. The van der Waals surface area contributed by atoms with E-state index < -0.39 is 6.10 Å². The Hall–Kier alpha value is -2.22. The lowest BCUT2D eigenvalue weighted by Crippen LogP contribution is -2.36. The van der Waals surface area contributed by atoms with E-state index in [1.54, 1.807) is 4.90 Å². The van der Waals surface area contributed by atoms with Crippen molar-refractivity contribution >= 4 is 23.0 Å². The summed E-state index contributed by atoms with van der Waals surface area (Å²) in [6.45, 7) is 5.31. The molecule has 3 heterocycles. The van der Waals surface area contributed by atoms with Gasteiger partial charge in [0.2, 0.25) is 5.91 Å². The summed E-state index contributed by atoms with van der Waals surface area (Å²) in [6.07, 6.45) is 1.48. The average molecular weight is 305 g/mol. The van der Waals surface area contributed by atoms with E-state index in [2.05, 4.69) is 15.0 Å². The summed E-state index contributed by atoms with van der Waals surface area (Å²) in [5.41, 5.74) is 1.05. The fourth-order valence-electron chi connectivity index (χ4n) is 2.64. The Labute approximate surface area is 127 Å². The number of fused-ring (bicyclic) bond motifs is 1. The predicted octanol–water partition coefficient (Wildman–Crippen LogP) is 0.210. The third kappa shape index (κ3) is 2.74. The number of hydrogen-bond acceptors (Lipinski definition) is 7. The molecule has 1 saturated heterocycles. The zero-order valence-corrected chi connectivity index (χ0v) is 12.7. The van der Waals surface area contributed by atoms with Crippen LogP contribution < -0.4 is 4.90 Å². The molecule has 0 radical (unpaired) electrons. The van der Waals surface area contributed by atoms with E-state index in [9.17, 15) is 9.90 Å². The fraction of sp³-hybridized carbons (Fsp3) is 0.571. The number of aliphatic hydroxyl groups is 1. The lowest BCUT2D eigenvalue weighted by atomic mass is 10.3. The third-order valence-corrected chi connectivity index (χ3v) is 3.77. The van der Waals surface area contributed by atoms with Gasteiger partial charge in [-0.25, -0.2) is 9.97 Å². The molecule has 2 aromatic heterocycles. The first-order valence-electron chi connectivity index (χ1n) is 7.37. The van der Waals surface area contributed by atoms with Crippen molar-refractivity contribution < 1.29 is 14.3 Å². The zero-order valence-electron chi connectivity index (χ0n) is 12.7. The van der Waals surface area contributed by atoms with Crippen LogP contribution in [0.15, 0.2) is 10.7 Å². The van der Waals surface area contributed by atoms with Gasteiger partial charge in [0.05, 0.1) is 6.10 Å². The molecule has 1 unspecified atom stereocenters. The number of nitrogens with zero attached hydrogens (tertiary/aromatic N) is 5. The molecular weight excluding hydrogens is 286 g/mol. The molecule has 0 aliphatic carbocycles. The standard InChI is InChI=1S/C14H19N5O3/c1-3-11-17-12-13(15-8-16-14(12)22-11)19-5-4-18(9(2)20)6-10(21)7-19/h8,10,21H,3-7H2,1-2H3. The highest BCUT2D eigenvalue weighted by molar-refractivity contribution is 5.81. The van der Waals surface area contributed by atoms with E-state index in [1.165, 1.54) is 13.3 Å². The van der Waals surface area contributed by atoms with Crippen molar-refractivity contribution in [2.75, 3.05) is 31.1 Å². The van der Waals surface area contributed by atoms with Crippen LogP contribution in [0.2, 0.25) is 0 Å². The summed E-state index contributed by atoms with van der Waals surface area (Å²) in [7, 11) is 0. The van der Waals surface area contributed by atoms with Gasteiger partial charge in [-0.2, -0.15) is 4.98 Å². The third-order valence-electron chi connectivity index (χ3n) is 3.77. The Morgan fingerprint density at radius 3 is 2.95 bits per heavy atom. The summed E-state index contributed by atoms with van der Waals surface area (Å²) in [5, 5.41) is 10.1. The molecule has 1 atom stereocenters. The number of rotatable bonds is 2. The molecule has 118 valence electrons. The Bertz CT molecular complexity index is 686. The van der Waals surface area contributed by atoms with Crippen molar-refractivity contribution in [2.24, 2.45) is 0 Å². The second-order valence-electron chi connectivity index (χ2n) is 5.38. The summed E-state index contributed by atoms with van der Waals surface area (Å²) < 4.78 is 5.55. The molecule has 0 spiro atoms. The highest BCUT2D eigenvalue weighted by atomic mass is 16.4. The van der Waals surface area contributed by atoms with E-state index >= 15 is 0 Å². The van der Waals surface area contributed by atoms with Gasteiger partial charge in [0.1, 0.15) is 6.33 Å². The van der Waals surface area contributed by atoms with Gasteiger partial charge in [-0.05, 0) is 0 Å². The number of hydrogen-bond donors (Lipinski definition) is 1. The maximum Gasteiger partial charge on any atom is 0.252 e. The van der Waals surface area contributed by atoms with Crippen molar-refractivity contribution in [3.63, 3.8) is 0 Å². The highest BCUT2D eigenvalue weighted by Crippen LogP contribution is 2.24. The van der Waals surface area contributed by atoms with Gasteiger partial charge >= 0.3 is 0 Å². The molecule has 8 heteroatoms. The Morgan fingerprint density at radius 1 is 1.41 bits per heavy atom. The van der Waals surface area contributed by atoms with Gasteiger partial charge in [0.25, 0.3) is 5.71 Å². The normalized spacial score (nSPS) is 19.5. The second-order valence-corrected chi connectivity index (χ2v) is 5.38. The second kappa shape index (κ2) is 5.88. The summed E-state index contributed by atoms with van der Waals surface area (Å²) >= 11 is 0. The molecule has 0 aromatic carbocycles. The number of anilines is 1. The molecule has 8 nitrogen and oxygen atoms in total. The average Bonchev–Trinajstić information content (AvgIpc) is 2.82. The van der Waals surface area contributed by atoms with E-state index in [0.29, 0.717) is 55.5 Å². The van der Waals surface area contributed by atoms with Crippen molar-refractivity contribution in [3.8, 4) is 0 Å². The molecular formula is C14H19N5O3. The van der Waals surface area contributed by atoms with Gasteiger partial charge in [0, 0.05) is 39.5 Å². The van der Waals surface area contributed by atoms with Crippen LogP contribution in [0, 0.1) is 0 Å². The lowest BCUT2D eigenvalue weighted by Gasteiger charge is -2.22. The Kier molecular flexibility index (Phi) is 3.93. The number of carbonyl (C=O) groups excluding carboxylic acids is 1. The van der Waals surface area contributed by atoms with Crippen LogP contribution in [0.3, 0.4) is 0 Å². The van der Waals surface area contributed by atoms with Crippen LogP contribution in [0.1, 0.15) is 19.7 Å². The lowest BCUT2D eigenvalue weighted by molar-refractivity contribution is -0.129. The van der Waals surface area contributed by atoms with Crippen LogP contribution in [0.25, 0.3) is 11.2 Å². The van der Waals surface area contributed by atoms with E-state index in [1.807, 2.05) is 11.8 Å². The van der Waals surface area contributed by atoms with E-state index in [0.717, 1.165) is 0 Å². The predicted molar refractivity (Wildman–Crippen MR) is 79.5 cm³/mol. The van der Waals surface area contributed by atoms with Crippen LogP contribution in [0.4, 0.5) is 5.82 Å². The van der Waals surface area contributed by atoms with Crippen LogP contribution in [-0.2, 0) is 11.2 Å². The smallest absolute Gasteiger partial charge is 0.252 e. The van der Waals surface area contributed by atoms with Crippen molar-refractivity contribution in [1.29, 1.82) is 0 Å².